The van der Waals surface area contributed by atoms with Crippen LogP contribution in [0.5, 0.6) is 0 Å². The Bertz CT molecular complexity index is 583. The van der Waals surface area contributed by atoms with Crippen molar-refractivity contribution in [2.24, 2.45) is 11.7 Å². The first-order valence-corrected chi connectivity index (χ1v) is 7.99. The Labute approximate surface area is 123 Å². The third kappa shape index (κ3) is 2.81. The summed E-state index contributed by atoms with van der Waals surface area (Å²) in [6.07, 6.45) is 2.22. The van der Waals surface area contributed by atoms with Gasteiger partial charge >= 0.3 is 0 Å². The van der Waals surface area contributed by atoms with Crippen LogP contribution < -0.4 is 5.73 Å². The van der Waals surface area contributed by atoms with E-state index in [4.69, 9.17) is 18.0 Å². The standard InChI is InChI=1S/C15H18N2S2/c16-15(18)11-5-7-17(8-6-11)9-12-10-19-14-4-2-1-3-13(12)14/h1-4,10-11H,5-9H2,(H2,16,18). The lowest BCUT2D eigenvalue weighted by Gasteiger charge is -2.31. The van der Waals surface area contributed by atoms with Gasteiger partial charge in [-0.15, -0.1) is 11.3 Å². The molecule has 100 valence electrons. The number of rotatable bonds is 3. The van der Waals surface area contributed by atoms with E-state index in [1.165, 1.54) is 15.6 Å². The normalized spacial score (nSPS) is 17.9. The first kappa shape index (κ1) is 13.0. The molecule has 0 spiro atoms. The van der Waals surface area contributed by atoms with E-state index in [1.807, 2.05) is 11.3 Å². The van der Waals surface area contributed by atoms with Crippen molar-refractivity contribution in [3.8, 4) is 0 Å². The number of hydrogen-bond acceptors (Lipinski definition) is 3. The number of thiophene rings is 1. The molecule has 2 N–H and O–H groups in total. The molecule has 0 unspecified atom stereocenters. The van der Waals surface area contributed by atoms with Crippen molar-refractivity contribution in [2.75, 3.05) is 13.1 Å². The van der Waals surface area contributed by atoms with Gasteiger partial charge in [-0.1, -0.05) is 30.4 Å². The lowest BCUT2D eigenvalue weighted by atomic mass is 9.96. The molecule has 1 aliphatic heterocycles. The van der Waals surface area contributed by atoms with E-state index in [0.717, 1.165) is 32.5 Å². The Balaban J connectivity index is 1.68. The number of piperidine rings is 1. The molecule has 0 atom stereocenters. The van der Waals surface area contributed by atoms with Gasteiger partial charge in [0.15, 0.2) is 0 Å². The Kier molecular flexibility index (Phi) is 3.82. The van der Waals surface area contributed by atoms with E-state index < -0.39 is 0 Å². The third-order valence-electron chi connectivity index (χ3n) is 3.95. The zero-order valence-electron chi connectivity index (χ0n) is 10.8. The lowest BCUT2D eigenvalue weighted by molar-refractivity contribution is 0.203. The molecule has 3 rings (SSSR count). The van der Waals surface area contributed by atoms with Crippen LogP contribution in [0, 0.1) is 5.92 Å². The van der Waals surface area contributed by atoms with Crippen LogP contribution in [0.2, 0.25) is 0 Å². The lowest BCUT2D eigenvalue weighted by Crippen LogP contribution is -2.37. The second kappa shape index (κ2) is 5.57. The van der Waals surface area contributed by atoms with Gasteiger partial charge in [-0.3, -0.25) is 4.90 Å². The molecular formula is C15H18N2S2. The van der Waals surface area contributed by atoms with Crippen molar-refractivity contribution >= 4 is 38.6 Å². The van der Waals surface area contributed by atoms with Gasteiger partial charge in [0, 0.05) is 17.2 Å². The number of benzene rings is 1. The maximum Gasteiger partial charge on any atom is 0.0759 e. The van der Waals surface area contributed by atoms with Gasteiger partial charge in [-0.25, -0.2) is 0 Å². The van der Waals surface area contributed by atoms with E-state index in [0.29, 0.717) is 10.9 Å². The molecular weight excluding hydrogens is 272 g/mol. The molecule has 1 saturated heterocycles. The van der Waals surface area contributed by atoms with Crippen molar-refractivity contribution in [3.05, 3.63) is 35.2 Å². The highest BCUT2D eigenvalue weighted by atomic mass is 32.1. The van der Waals surface area contributed by atoms with Gasteiger partial charge < -0.3 is 5.73 Å². The fourth-order valence-corrected chi connectivity index (χ4v) is 3.96. The smallest absolute Gasteiger partial charge is 0.0759 e. The topological polar surface area (TPSA) is 29.3 Å². The minimum absolute atomic E-state index is 0.450. The van der Waals surface area contributed by atoms with E-state index in [1.54, 1.807) is 0 Å². The third-order valence-corrected chi connectivity index (χ3v) is 5.29. The van der Waals surface area contributed by atoms with Crippen LogP contribution in [0.3, 0.4) is 0 Å². The predicted molar refractivity (Wildman–Crippen MR) is 86.6 cm³/mol. The molecule has 1 aromatic carbocycles. The van der Waals surface area contributed by atoms with E-state index >= 15 is 0 Å². The average molecular weight is 290 g/mol. The van der Waals surface area contributed by atoms with E-state index in [9.17, 15) is 0 Å². The first-order chi connectivity index (χ1) is 9.24. The van der Waals surface area contributed by atoms with Gasteiger partial charge in [0.25, 0.3) is 0 Å². The molecule has 2 nitrogen and oxygen atoms in total. The second-order valence-electron chi connectivity index (χ2n) is 5.21. The molecule has 19 heavy (non-hydrogen) atoms. The molecule has 0 saturated carbocycles. The summed E-state index contributed by atoms with van der Waals surface area (Å²) in [5, 5.41) is 3.70. The zero-order valence-corrected chi connectivity index (χ0v) is 12.5. The van der Waals surface area contributed by atoms with Crippen molar-refractivity contribution in [3.63, 3.8) is 0 Å². The Morgan fingerprint density at radius 1 is 1.32 bits per heavy atom. The number of likely N-dealkylation sites (tertiary alicyclic amines) is 1. The maximum absolute atomic E-state index is 5.74. The Morgan fingerprint density at radius 2 is 2.05 bits per heavy atom. The minimum Gasteiger partial charge on any atom is -0.393 e. The Hall–Kier alpha value is -0.970. The SMILES string of the molecule is NC(=S)C1CCN(Cc2csc3ccccc23)CC1. The quantitative estimate of drug-likeness (QED) is 0.879. The molecule has 2 heterocycles. The van der Waals surface area contributed by atoms with Crippen molar-refractivity contribution < 1.29 is 0 Å². The maximum atomic E-state index is 5.74. The van der Waals surface area contributed by atoms with Crippen LogP contribution >= 0.6 is 23.6 Å². The van der Waals surface area contributed by atoms with Crippen LogP contribution in [0.4, 0.5) is 0 Å². The number of hydrogen-bond donors (Lipinski definition) is 1. The molecule has 4 heteroatoms. The van der Waals surface area contributed by atoms with Crippen molar-refractivity contribution in [2.45, 2.75) is 19.4 Å². The summed E-state index contributed by atoms with van der Waals surface area (Å²) < 4.78 is 1.38. The monoisotopic (exact) mass is 290 g/mol. The molecule has 0 radical (unpaired) electrons. The summed E-state index contributed by atoms with van der Waals surface area (Å²) >= 11 is 6.93. The number of nitrogens with two attached hydrogens (primary N) is 1. The molecule has 1 aliphatic rings. The molecule has 0 amide bonds. The summed E-state index contributed by atoms with van der Waals surface area (Å²) in [6, 6.07) is 8.65. The van der Waals surface area contributed by atoms with Gasteiger partial charge in [0.1, 0.15) is 0 Å². The molecule has 1 fully saturated rings. The van der Waals surface area contributed by atoms with Gasteiger partial charge in [0.05, 0.1) is 4.99 Å². The van der Waals surface area contributed by atoms with Crippen LogP contribution in [0.15, 0.2) is 29.6 Å². The number of thiocarbonyl (C=S) groups is 1. The van der Waals surface area contributed by atoms with Crippen LogP contribution in [0.25, 0.3) is 10.1 Å². The molecule has 2 aromatic rings. The zero-order chi connectivity index (χ0) is 13.2. The Morgan fingerprint density at radius 3 is 2.79 bits per heavy atom. The first-order valence-electron chi connectivity index (χ1n) is 6.71. The highest BCUT2D eigenvalue weighted by molar-refractivity contribution is 7.80. The summed E-state index contributed by atoms with van der Waals surface area (Å²) in [5.74, 6) is 0.450. The molecule has 0 bridgehead atoms. The fourth-order valence-electron chi connectivity index (χ4n) is 2.77. The van der Waals surface area contributed by atoms with Crippen molar-refractivity contribution in [1.82, 2.24) is 4.90 Å². The van der Waals surface area contributed by atoms with Crippen LogP contribution in [-0.2, 0) is 6.54 Å². The average Bonchev–Trinajstić information content (AvgIpc) is 2.83. The van der Waals surface area contributed by atoms with Gasteiger partial charge in [-0.2, -0.15) is 0 Å². The molecule has 1 aromatic heterocycles. The van der Waals surface area contributed by atoms with E-state index in [-0.39, 0.29) is 0 Å². The van der Waals surface area contributed by atoms with Crippen molar-refractivity contribution in [1.29, 1.82) is 0 Å². The summed E-state index contributed by atoms with van der Waals surface area (Å²) in [6.45, 7) is 3.26. The minimum atomic E-state index is 0.450. The predicted octanol–water partition coefficient (Wildman–Crippen LogP) is 3.40. The fraction of sp³-hybridized carbons (Fsp3) is 0.400. The highest BCUT2D eigenvalue weighted by Gasteiger charge is 2.21. The summed E-state index contributed by atoms with van der Waals surface area (Å²) in [4.78, 5) is 3.21. The van der Waals surface area contributed by atoms with Crippen LogP contribution in [-0.4, -0.2) is 23.0 Å². The second-order valence-corrected chi connectivity index (χ2v) is 6.59. The summed E-state index contributed by atoms with van der Waals surface area (Å²) in [7, 11) is 0. The largest absolute Gasteiger partial charge is 0.393 e. The van der Waals surface area contributed by atoms with Gasteiger partial charge in [-0.05, 0) is 48.3 Å². The number of fused-ring (bicyclic) bond motifs is 1. The summed E-state index contributed by atoms with van der Waals surface area (Å²) in [5.41, 5.74) is 7.19. The highest BCUT2D eigenvalue weighted by Crippen LogP contribution is 2.28. The molecule has 0 aliphatic carbocycles. The number of nitrogens with zero attached hydrogens (tertiary/aromatic N) is 1. The van der Waals surface area contributed by atoms with Crippen LogP contribution in [0.1, 0.15) is 18.4 Å². The van der Waals surface area contributed by atoms with E-state index in [2.05, 4.69) is 34.5 Å². The van der Waals surface area contributed by atoms with Gasteiger partial charge in [0.2, 0.25) is 0 Å².